The van der Waals surface area contributed by atoms with E-state index >= 15 is 0 Å². The van der Waals surface area contributed by atoms with Gasteiger partial charge < -0.3 is 26.8 Å². The maximum Gasteiger partial charge on any atom is 0.190 e. The first-order valence-corrected chi connectivity index (χ1v) is 37.1. The van der Waals surface area contributed by atoms with Gasteiger partial charge in [-0.2, -0.15) is 0 Å². The standard InChI is InChI=1S/C16H18.3C15H16.C14H14.6C4H5NO/c1-11-9-13(3)16(14(4)10-11)15-8-6-5-7-12(15)2;1-11-7-4-5-10-14(11)15-12(2)8-6-9-13(15)3;1-11-8-12(2)10-14(9-11)15-7-5-4-6-13(15)3;1-11-8-9-15(13(3)10-11)14-7-5-4-6-12(14)2;1-11-7-9-13(10-8-11)14-6-4-3-5-12(14)2;1-4-2-6-3-5-4;1-4-2-5-3-6-4;1-4-2-5-6-3-4;1-4-5-2-3-6-4;1-4-2-3-6-5-4;1-4-2-3-5-6-4/h5-10H,1-4H3;3*4-10H,1-3H3;3-10H,1-2H3;6*2-3H,1H3. The molecule has 0 atom stereocenters. The van der Waals surface area contributed by atoms with Gasteiger partial charge in [0.2, 0.25) is 0 Å². The zero-order chi connectivity index (χ0) is 80.6. The van der Waals surface area contributed by atoms with E-state index in [9.17, 15) is 0 Å². The van der Waals surface area contributed by atoms with Crippen LogP contribution in [0.4, 0.5) is 0 Å². The van der Waals surface area contributed by atoms with Gasteiger partial charge in [0, 0.05) is 24.6 Å². The van der Waals surface area contributed by atoms with Gasteiger partial charge >= 0.3 is 0 Å². The van der Waals surface area contributed by atoms with E-state index in [1.165, 1.54) is 152 Å². The molecule has 12 nitrogen and oxygen atoms in total. The number of rotatable bonds is 5. The minimum atomic E-state index is 0.718. The molecule has 0 aliphatic heterocycles. The normalized spacial score (nSPS) is 9.85. The molecule has 0 bridgehead atoms. The van der Waals surface area contributed by atoms with E-state index in [0.717, 1.165) is 34.4 Å². The van der Waals surface area contributed by atoms with Crippen LogP contribution < -0.4 is 0 Å². The van der Waals surface area contributed by atoms with Crippen LogP contribution in [0.3, 0.4) is 0 Å². The summed E-state index contributed by atoms with van der Waals surface area (Å²) in [5, 5.41) is 10.4. The topological polar surface area (TPSA) is 156 Å². The van der Waals surface area contributed by atoms with E-state index in [1.54, 1.807) is 68.9 Å². The monoisotopic (exact) mass is 1480 g/mol. The lowest BCUT2D eigenvalue weighted by Crippen LogP contribution is -1.91. The van der Waals surface area contributed by atoms with Crippen LogP contribution in [0.15, 0.2) is 314 Å². The quantitative estimate of drug-likeness (QED) is 0.161. The first kappa shape index (κ1) is 87.4. The SMILES string of the molecule is Cc1cc(C)c(-c2ccccc2C)c(C)c1.Cc1cc(C)cc(-c2ccccc2C)c1.Cc1ccc(-c2ccccc2C)c(C)c1.Cc1ccc(-c2ccccc2C)cc1.Cc1ccccc1-c1c(C)cccc1C.Cc1ccno1.Cc1ccon1.Cc1cnco1.Cc1cnoc1.Cc1cocn1.Cc1ncco1. The summed E-state index contributed by atoms with van der Waals surface area (Å²) in [6.45, 7) is 43.6. The third-order valence-electron chi connectivity index (χ3n) is 17.3. The lowest BCUT2D eigenvalue weighted by atomic mass is 9.91. The second-order valence-corrected chi connectivity index (χ2v) is 27.4. The number of oxazole rings is 3. The minimum absolute atomic E-state index is 0.718. The molecule has 0 aliphatic rings. The highest BCUT2D eigenvalue weighted by atomic mass is 16.5. The Morgan fingerprint density at radius 3 is 1.08 bits per heavy atom. The molecular formula is C99H110N6O6. The highest BCUT2D eigenvalue weighted by Gasteiger charge is 2.10. The molecule has 10 aromatic carbocycles. The van der Waals surface area contributed by atoms with E-state index < -0.39 is 0 Å². The summed E-state index contributed by atoms with van der Waals surface area (Å²) in [6.07, 6.45) is 15.7. The van der Waals surface area contributed by atoms with Crippen LogP contribution in [0, 0.1) is 145 Å². The summed E-state index contributed by atoms with van der Waals surface area (Å²) in [5.74, 6) is 2.43. The van der Waals surface area contributed by atoms with Crippen molar-refractivity contribution in [1.29, 1.82) is 0 Å². The molecule has 0 aliphatic carbocycles. The lowest BCUT2D eigenvalue weighted by molar-refractivity contribution is 0.397. The van der Waals surface area contributed by atoms with Gasteiger partial charge in [0.1, 0.15) is 36.6 Å². The van der Waals surface area contributed by atoms with Gasteiger partial charge in [-0.05, 0) is 250 Å². The molecule has 0 saturated carbocycles. The van der Waals surface area contributed by atoms with Crippen molar-refractivity contribution in [1.82, 2.24) is 30.4 Å². The van der Waals surface area contributed by atoms with Gasteiger partial charge in [-0.25, -0.2) is 15.0 Å². The van der Waals surface area contributed by atoms with Gasteiger partial charge in [-0.1, -0.05) is 256 Å². The number of benzene rings is 10. The van der Waals surface area contributed by atoms with Gasteiger partial charge in [0.15, 0.2) is 18.7 Å². The third-order valence-corrected chi connectivity index (χ3v) is 17.3. The number of hydrogen-bond donors (Lipinski definition) is 0. The first-order chi connectivity index (χ1) is 53.3. The fraction of sp³-hybridized carbons (Fsp3) is 0.212. The van der Waals surface area contributed by atoms with Crippen LogP contribution in [0.2, 0.25) is 0 Å². The first-order valence-electron chi connectivity index (χ1n) is 37.1. The molecule has 0 N–H and O–H groups in total. The molecule has 16 rings (SSSR count). The van der Waals surface area contributed by atoms with Crippen molar-refractivity contribution >= 4 is 0 Å². The Morgan fingerprint density at radius 1 is 0.270 bits per heavy atom. The molecule has 0 fully saturated rings. The highest BCUT2D eigenvalue weighted by molar-refractivity contribution is 5.76. The molecule has 12 heteroatoms. The van der Waals surface area contributed by atoms with Gasteiger partial charge in [0.05, 0.1) is 36.2 Å². The summed E-state index contributed by atoms with van der Waals surface area (Å²) in [6, 6.07) is 79.3. The fourth-order valence-electron chi connectivity index (χ4n) is 11.9. The molecule has 0 radical (unpaired) electrons. The average molecular weight is 1480 g/mol. The maximum absolute atomic E-state index is 4.72. The van der Waals surface area contributed by atoms with Crippen LogP contribution in [0.1, 0.15) is 118 Å². The van der Waals surface area contributed by atoms with Crippen LogP contribution in [-0.2, 0) is 0 Å². The molecule has 16 aromatic rings. The molecule has 572 valence electrons. The van der Waals surface area contributed by atoms with E-state index in [1.807, 2.05) is 34.6 Å². The smallest absolute Gasteiger partial charge is 0.190 e. The number of aryl methyl sites for hydroxylation is 21. The summed E-state index contributed by atoms with van der Waals surface area (Å²) in [4.78, 5) is 11.2. The Balaban J connectivity index is 0.000000195. The predicted octanol–water partition coefficient (Wildman–Crippen LogP) is 27.3. The summed E-state index contributed by atoms with van der Waals surface area (Å²) >= 11 is 0. The van der Waals surface area contributed by atoms with Gasteiger partial charge in [0.25, 0.3) is 0 Å². The Labute approximate surface area is 659 Å². The van der Waals surface area contributed by atoms with Crippen molar-refractivity contribution in [3.05, 3.63) is 405 Å². The summed E-state index contributed by atoms with van der Waals surface area (Å²) in [5.41, 5.74) is 36.5. The Morgan fingerprint density at radius 2 is 0.748 bits per heavy atom. The van der Waals surface area contributed by atoms with Crippen molar-refractivity contribution < 1.29 is 26.8 Å². The zero-order valence-corrected chi connectivity index (χ0v) is 68.8. The van der Waals surface area contributed by atoms with Crippen LogP contribution in [0.25, 0.3) is 55.6 Å². The van der Waals surface area contributed by atoms with Crippen LogP contribution in [-0.4, -0.2) is 30.4 Å². The molecule has 0 spiro atoms. The van der Waals surface area contributed by atoms with E-state index in [2.05, 4.69) is 365 Å². The largest absolute Gasteiger partial charge is 0.452 e. The number of hydrogen-bond acceptors (Lipinski definition) is 12. The molecule has 0 unspecified atom stereocenters. The molecular weight excluding hydrogens is 1370 g/mol. The Bertz CT molecular complexity index is 4920. The van der Waals surface area contributed by atoms with Crippen LogP contribution >= 0.6 is 0 Å². The minimum Gasteiger partial charge on any atom is -0.452 e. The second kappa shape index (κ2) is 46.6. The van der Waals surface area contributed by atoms with Crippen LogP contribution in [0.5, 0.6) is 0 Å². The average Bonchev–Trinajstić information content (AvgIpc) is 1.34. The van der Waals surface area contributed by atoms with Crippen molar-refractivity contribution in [3.63, 3.8) is 0 Å². The molecule has 111 heavy (non-hydrogen) atoms. The summed E-state index contributed by atoms with van der Waals surface area (Å²) in [7, 11) is 0. The summed E-state index contributed by atoms with van der Waals surface area (Å²) < 4.78 is 27.6. The maximum atomic E-state index is 4.72. The zero-order valence-electron chi connectivity index (χ0n) is 68.8. The predicted molar refractivity (Wildman–Crippen MR) is 458 cm³/mol. The third kappa shape index (κ3) is 30.9. The Kier molecular flexibility index (Phi) is 36.7. The second-order valence-electron chi connectivity index (χ2n) is 27.4. The van der Waals surface area contributed by atoms with E-state index in [-0.39, 0.29) is 0 Å². The fourth-order valence-corrected chi connectivity index (χ4v) is 11.9. The Hall–Kier alpha value is -12.5. The van der Waals surface area contributed by atoms with Gasteiger partial charge in [-0.15, -0.1) is 0 Å². The lowest BCUT2D eigenvalue weighted by Gasteiger charge is -2.13. The van der Waals surface area contributed by atoms with Crippen molar-refractivity contribution in [3.8, 4) is 55.6 Å². The molecule has 0 saturated heterocycles. The van der Waals surface area contributed by atoms with E-state index in [4.69, 9.17) is 8.83 Å². The molecule has 0 amide bonds. The van der Waals surface area contributed by atoms with Gasteiger partial charge in [-0.3, -0.25) is 0 Å². The van der Waals surface area contributed by atoms with Crippen molar-refractivity contribution in [2.45, 2.75) is 145 Å². The van der Waals surface area contributed by atoms with Crippen molar-refractivity contribution in [2.24, 2.45) is 0 Å². The number of nitrogens with zero attached hydrogens (tertiary/aromatic N) is 6. The molecule has 6 heterocycles. The number of aromatic nitrogens is 6. The van der Waals surface area contributed by atoms with E-state index in [0.29, 0.717) is 0 Å². The molecule has 6 aromatic heterocycles. The van der Waals surface area contributed by atoms with Crippen molar-refractivity contribution in [2.75, 3.05) is 0 Å². The highest BCUT2D eigenvalue weighted by Crippen LogP contribution is 2.33.